The van der Waals surface area contributed by atoms with E-state index >= 15 is 0 Å². The van der Waals surface area contributed by atoms with Crippen LogP contribution in [-0.2, 0) is 16.1 Å². The summed E-state index contributed by atoms with van der Waals surface area (Å²) in [7, 11) is 3.42. The maximum absolute atomic E-state index is 11.6. The van der Waals surface area contributed by atoms with Gasteiger partial charge in [0.25, 0.3) is 5.91 Å². The van der Waals surface area contributed by atoms with Gasteiger partial charge in [0.15, 0.2) is 6.61 Å². The highest BCUT2D eigenvalue weighted by atomic mass is 16.5. The van der Waals surface area contributed by atoms with Crippen molar-refractivity contribution < 1.29 is 14.3 Å². The summed E-state index contributed by atoms with van der Waals surface area (Å²) in [4.78, 5) is 17.5. The van der Waals surface area contributed by atoms with E-state index in [0.717, 1.165) is 12.2 Å². The maximum atomic E-state index is 11.6. The van der Waals surface area contributed by atoms with Crippen molar-refractivity contribution in [3.63, 3.8) is 0 Å². The van der Waals surface area contributed by atoms with Crippen molar-refractivity contribution in [2.45, 2.75) is 13.5 Å². The van der Waals surface area contributed by atoms with Gasteiger partial charge in [0.05, 0.1) is 18.5 Å². The summed E-state index contributed by atoms with van der Waals surface area (Å²) >= 11 is 0. The molecule has 1 aromatic heterocycles. The number of methoxy groups -OCH3 is 1. The third kappa shape index (κ3) is 5.99. The summed E-state index contributed by atoms with van der Waals surface area (Å²) in [6, 6.07) is 3.70. The van der Waals surface area contributed by atoms with Crippen molar-refractivity contribution in [2.24, 2.45) is 0 Å². The van der Waals surface area contributed by atoms with Crippen molar-refractivity contribution in [3.05, 3.63) is 24.0 Å². The number of rotatable bonds is 9. The Morgan fingerprint density at radius 1 is 1.45 bits per heavy atom. The maximum Gasteiger partial charge on any atom is 0.260 e. The standard InChI is InChI=1S/C14H23N3O3/c1-4-17(2)14(18)11-20-13-6-5-12(16-10-13)9-15-7-8-19-3/h5-6,10,15H,4,7-9,11H2,1-3H3. The number of ether oxygens (including phenoxy) is 2. The summed E-state index contributed by atoms with van der Waals surface area (Å²) in [5.41, 5.74) is 0.922. The largest absolute Gasteiger partial charge is 0.482 e. The van der Waals surface area contributed by atoms with Gasteiger partial charge >= 0.3 is 0 Å². The summed E-state index contributed by atoms with van der Waals surface area (Å²) in [5.74, 6) is 0.557. The minimum absolute atomic E-state index is 0.0391. The van der Waals surface area contributed by atoms with Crippen LogP contribution in [0.4, 0.5) is 0 Å². The van der Waals surface area contributed by atoms with Crippen molar-refractivity contribution >= 4 is 5.91 Å². The fourth-order valence-electron chi connectivity index (χ4n) is 1.42. The van der Waals surface area contributed by atoms with Crippen molar-refractivity contribution in [1.29, 1.82) is 0 Å². The fraction of sp³-hybridized carbons (Fsp3) is 0.571. The number of carbonyl (C=O) groups is 1. The zero-order valence-corrected chi connectivity index (χ0v) is 12.4. The molecule has 1 heterocycles. The molecule has 1 rings (SSSR count). The molecule has 0 bridgehead atoms. The highest BCUT2D eigenvalue weighted by molar-refractivity contribution is 5.77. The molecule has 0 saturated heterocycles. The van der Waals surface area contributed by atoms with E-state index in [-0.39, 0.29) is 12.5 Å². The van der Waals surface area contributed by atoms with E-state index < -0.39 is 0 Å². The zero-order valence-electron chi connectivity index (χ0n) is 12.4. The first-order valence-corrected chi connectivity index (χ1v) is 6.68. The second-order valence-electron chi connectivity index (χ2n) is 4.35. The van der Waals surface area contributed by atoms with Gasteiger partial charge in [-0.3, -0.25) is 9.78 Å². The minimum Gasteiger partial charge on any atom is -0.482 e. The molecule has 0 aromatic carbocycles. The average molecular weight is 281 g/mol. The van der Waals surface area contributed by atoms with Crippen LogP contribution in [0.15, 0.2) is 18.3 Å². The van der Waals surface area contributed by atoms with Crippen LogP contribution in [0.3, 0.4) is 0 Å². The van der Waals surface area contributed by atoms with Gasteiger partial charge in [-0.2, -0.15) is 0 Å². The number of pyridine rings is 1. The first-order chi connectivity index (χ1) is 9.67. The van der Waals surface area contributed by atoms with Crippen LogP contribution in [0.25, 0.3) is 0 Å². The predicted molar refractivity (Wildman–Crippen MR) is 76.6 cm³/mol. The number of aromatic nitrogens is 1. The Balaban J connectivity index is 2.33. The lowest BCUT2D eigenvalue weighted by Crippen LogP contribution is -2.31. The van der Waals surface area contributed by atoms with Crippen LogP contribution in [0.2, 0.25) is 0 Å². The van der Waals surface area contributed by atoms with E-state index in [1.54, 1.807) is 25.3 Å². The molecule has 0 aliphatic carbocycles. The summed E-state index contributed by atoms with van der Waals surface area (Å²) in [6.45, 7) is 4.78. The molecular weight excluding hydrogens is 258 g/mol. The zero-order chi connectivity index (χ0) is 14.8. The Kier molecular flexibility index (Phi) is 7.60. The first kappa shape index (κ1) is 16.4. The number of hydrogen-bond donors (Lipinski definition) is 1. The lowest BCUT2D eigenvalue weighted by Gasteiger charge is -2.14. The number of hydrogen-bond acceptors (Lipinski definition) is 5. The molecule has 6 nitrogen and oxygen atoms in total. The number of amides is 1. The molecule has 0 aliphatic rings. The average Bonchev–Trinajstić information content (AvgIpc) is 2.49. The van der Waals surface area contributed by atoms with Gasteiger partial charge in [-0.1, -0.05) is 0 Å². The van der Waals surface area contributed by atoms with Gasteiger partial charge < -0.3 is 19.7 Å². The Bertz CT molecular complexity index is 395. The van der Waals surface area contributed by atoms with E-state index in [4.69, 9.17) is 9.47 Å². The second-order valence-corrected chi connectivity index (χ2v) is 4.35. The molecule has 0 unspecified atom stereocenters. The van der Waals surface area contributed by atoms with Crippen LogP contribution < -0.4 is 10.1 Å². The molecule has 1 amide bonds. The fourth-order valence-corrected chi connectivity index (χ4v) is 1.42. The Hall–Kier alpha value is -1.66. The molecule has 1 N–H and O–H groups in total. The quantitative estimate of drug-likeness (QED) is 0.674. The first-order valence-electron chi connectivity index (χ1n) is 6.68. The van der Waals surface area contributed by atoms with Crippen molar-refractivity contribution in [2.75, 3.05) is 40.5 Å². The molecule has 0 fully saturated rings. The van der Waals surface area contributed by atoms with Gasteiger partial charge in [0, 0.05) is 33.8 Å². The third-order valence-electron chi connectivity index (χ3n) is 2.85. The molecule has 1 aromatic rings. The number of nitrogens with zero attached hydrogens (tertiary/aromatic N) is 2. The third-order valence-corrected chi connectivity index (χ3v) is 2.85. The smallest absolute Gasteiger partial charge is 0.260 e. The molecule has 6 heteroatoms. The molecule has 112 valence electrons. The van der Waals surface area contributed by atoms with Gasteiger partial charge in [-0.05, 0) is 19.1 Å². The van der Waals surface area contributed by atoms with E-state index in [1.807, 2.05) is 19.1 Å². The summed E-state index contributed by atoms with van der Waals surface area (Å²) in [5, 5.41) is 3.21. The Morgan fingerprint density at radius 3 is 2.85 bits per heavy atom. The summed E-state index contributed by atoms with van der Waals surface area (Å²) < 4.78 is 10.3. The molecule has 0 saturated carbocycles. The molecule has 20 heavy (non-hydrogen) atoms. The van der Waals surface area contributed by atoms with E-state index in [1.165, 1.54) is 0 Å². The molecule has 0 atom stereocenters. The lowest BCUT2D eigenvalue weighted by molar-refractivity contribution is -0.131. The second kappa shape index (κ2) is 9.28. The van der Waals surface area contributed by atoms with Crippen LogP contribution in [0.5, 0.6) is 5.75 Å². The van der Waals surface area contributed by atoms with E-state index in [0.29, 0.717) is 25.4 Å². The SMILES string of the molecule is CCN(C)C(=O)COc1ccc(CNCCOC)nc1. The van der Waals surface area contributed by atoms with Crippen LogP contribution in [0, 0.1) is 0 Å². The Labute approximate surface area is 120 Å². The highest BCUT2D eigenvalue weighted by Crippen LogP contribution is 2.09. The molecule has 0 spiro atoms. The predicted octanol–water partition coefficient (Wildman–Crippen LogP) is 0.675. The highest BCUT2D eigenvalue weighted by Gasteiger charge is 2.07. The minimum atomic E-state index is -0.0437. The number of carbonyl (C=O) groups excluding carboxylic acids is 1. The van der Waals surface area contributed by atoms with Crippen LogP contribution in [0.1, 0.15) is 12.6 Å². The normalized spacial score (nSPS) is 10.3. The summed E-state index contributed by atoms with van der Waals surface area (Å²) in [6.07, 6.45) is 1.63. The number of likely N-dealkylation sites (N-methyl/N-ethyl adjacent to an activating group) is 1. The van der Waals surface area contributed by atoms with Gasteiger partial charge in [-0.25, -0.2) is 0 Å². The van der Waals surface area contributed by atoms with Gasteiger partial charge in [0.2, 0.25) is 0 Å². The topological polar surface area (TPSA) is 63.7 Å². The van der Waals surface area contributed by atoms with Gasteiger partial charge in [-0.15, -0.1) is 0 Å². The lowest BCUT2D eigenvalue weighted by atomic mass is 10.3. The molecule has 0 radical (unpaired) electrons. The van der Waals surface area contributed by atoms with Crippen LogP contribution >= 0.6 is 0 Å². The van der Waals surface area contributed by atoms with Crippen molar-refractivity contribution in [1.82, 2.24) is 15.2 Å². The number of nitrogens with one attached hydrogen (secondary N) is 1. The van der Waals surface area contributed by atoms with Gasteiger partial charge in [0.1, 0.15) is 5.75 Å². The van der Waals surface area contributed by atoms with Crippen LogP contribution in [-0.4, -0.2) is 56.3 Å². The van der Waals surface area contributed by atoms with E-state index in [2.05, 4.69) is 10.3 Å². The van der Waals surface area contributed by atoms with E-state index in [9.17, 15) is 4.79 Å². The molecule has 0 aliphatic heterocycles. The Morgan fingerprint density at radius 2 is 2.25 bits per heavy atom. The monoisotopic (exact) mass is 281 g/mol. The van der Waals surface area contributed by atoms with Crippen molar-refractivity contribution in [3.8, 4) is 5.75 Å². The molecular formula is C14H23N3O3.